The van der Waals surface area contributed by atoms with Gasteiger partial charge in [-0.25, -0.2) is 0 Å². The first-order chi connectivity index (χ1) is 22.9. The lowest BCUT2D eigenvalue weighted by atomic mass is 9.63. The number of ether oxygens (including phenoxy) is 2. The number of rotatable bonds is 10. The molecule has 0 bridgehead atoms. The molecule has 3 aromatic rings. The molecule has 0 saturated carbocycles. The van der Waals surface area contributed by atoms with Crippen LogP contribution in [0, 0.1) is 17.8 Å². The third-order valence-electron chi connectivity index (χ3n) is 10.1. The number of Topliss-reactive ketones (excluding diaryl/α,β-unsaturated/α-hetero) is 2. The first kappa shape index (κ1) is 33.5. The topological polar surface area (TPSA) is 55.8 Å². The van der Waals surface area contributed by atoms with Crippen LogP contribution in [0.25, 0.3) is 0 Å². The summed E-state index contributed by atoms with van der Waals surface area (Å²) in [5.41, 5.74) is 8.65. The van der Waals surface area contributed by atoms with Crippen LogP contribution in [-0.4, -0.2) is 30.1 Å². The van der Waals surface area contributed by atoms with Crippen LogP contribution in [0.15, 0.2) is 102 Å². The van der Waals surface area contributed by atoms with Gasteiger partial charge in [0, 0.05) is 53.4 Å². The average Bonchev–Trinajstić information content (AvgIpc) is 3.03. The maximum absolute atomic E-state index is 14.4. The standard InChI is InChI=1S/C43H49NO4/c1-8-12-31-21-32(22-37(47-7)41(31)48-27-30-17-15-28(2)16-18-30)38-39-33(23-42(3,4)25-35(39)45)44(20-19-29-13-10-9-11-14-29)34-24-43(5,6)26-36(46)40(34)38/h8-11,13-18,21-22,38H,1,12,19-20,23-27H2,2-7H3. The van der Waals surface area contributed by atoms with E-state index in [9.17, 15) is 9.59 Å². The Hall–Kier alpha value is -4.38. The Morgan fingerprint density at radius 3 is 2.00 bits per heavy atom. The lowest BCUT2D eigenvalue weighted by molar-refractivity contribution is -0.119. The number of aryl methyl sites for hydroxylation is 1. The van der Waals surface area contributed by atoms with Gasteiger partial charge in [-0.2, -0.15) is 0 Å². The van der Waals surface area contributed by atoms with Crippen LogP contribution >= 0.6 is 0 Å². The van der Waals surface area contributed by atoms with Crippen LogP contribution in [0.2, 0.25) is 0 Å². The van der Waals surface area contributed by atoms with Gasteiger partial charge in [-0.15, -0.1) is 6.58 Å². The molecular weight excluding hydrogens is 594 g/mol. The molecule has 5 heteroatoms. The summed E-state index contributed by atoms with van der Waals surface area (Å²) in [7, 11) is 1.65. The van der Waals surface area contributed by atoms with E-state index < -0.39 is 5.92 Å². The summed E-state index contributed by atoms with van der Waals surface area (Å²) in [5.74, 6) is 1.06. The van der Waals surface area contributed by atoms with Crippen LogP contribution in [0.5, 0.6) is 11.5 Å². The summed E-state index contributed by atoms with van der Waals surface area (Å²) >= 11 is 0. The predicted octanol–water partition coefficient (Wildman–Crippen LogP) is 9.24. The molecule has 5 nitrogen and oxygen atoms in total. The highest BCUT2D eigenvalue weighted by atomic mass is 16.5. The molecule has 1 aliphatic heterocycles. The van der Waals surface area contributed by atoms with Crippen LogP contribution in [0.4, 0.5) is 0 Å². The maximum atomic E-state index is 14.4. The smallest absolute Gasteiger partial charge is 0.165 e. The zero-order valence-corrected chi connectivity index (χ0v) is 29.4. The van der Waals surface area contributed by atoms with Gasteiger partial charge in [0.25, 0.3) is 0 Å². The summed E-state index contributed by atoms with van der Waals surface area (Å²) in [6.07, 6.45) is 5.70. The average molecular weight is 644 g/mol. The van der Waals surface area contributed by atoms with Crippen molar-refractivity contribution in [2.75, 3.05) is 13.7 Å². The molecule has 6 rings (SSSR count). The van der Waals surface area contributed by atoms with Gasteiger partial charge in [0.2, 0.25) is 0 Å². The third-order valence-corrected chi connectivity index (χ3v) is 10.1. The Kier molecular flexibility index (Phi) is 9.26. The largest absolute Gasteiger partial charge is 0.493 e. The third kappa shape index (κ3) is 6.78. The van der Waals surface area contributed by atoms with E-state index in [0.717, 1.165) is 65.0 Å². The van der Waals surface area contributed by atoms with E-state index in [0.29, 0.717) is 37.4 Å². The van der Waals surface area contributed by atoms with Crippen molar-refractivity contribution in [2.45, 2.75) is 85.7 Å². The van der Waals surface area contributed by atoms with Crippen LogP contribution in [0.1, 0.15) is 87.1 Å². The van der Waals surface area contributed by atoms with Crippen molar-refractivity contribution in [3.05, 3.63) is 130 Å². The van der Waals surface area contributed by atoms with E-state index in [4.69, 9.17) is 9.47 Å². The molecular formula is C43H49NO4. The van der Waals surface area contributed by atoms with E-state index in [1.54, 1.807) is 7.11 Å². The molecule has 0 spiro atoms. The quantitative estimate of drug-likeness (QED) is 0.206. The SMILES string of the molecule is C=CCc1cc(C2C3=C(CC(C)(C)CC3=O)N(CCc3ccccc3)C3=C2C(=O)CC(C)(C)C3)cc(OC)c1OCc1ccc(C)cc1. The van der Waals surface area contributed by atoms with Gasteiger partial charge in [-0.1, -0.05) is 100.0 Å². The molecule has 0 unspecified atom stereocenters. The van der Waals surface area contributed by atoms with Crippen molar-refractivity contribution in [3.8, 4) is 11.5 Å². The van der Waals surface area contributed by atoms with Gasteiger partial charge >= 0.3 is 0 Å². The van der Waals surface area contributed by atoms with Gasteiger partial charge < -0.3 is 14.4 Å². The number of nitrogens with zero attached hydrogens (tertiary/aromatic N) is 1. The Balaban J connectivity index is 1.50. The fraction of sp³-hybridized carbons (Fsp3) is 0.395. The van der Waals surface area contributed by atoms with E-state index in [1.165, 1.54) is 11.1 Å². The number of hydrogen-bond donors (Lipinski definition) is 0. The molecule has 0 radical (unpaired) electrons. The summed E-state index contributed by atoms with van der Waals surface area (Å²) < 4.78 is 12.4. The Labute approximate surface area is 286 Å². The van der Waals surface area contributed by atoms with Gasteiger partial charge in [0.1, 0.15) is 6.61 Å². The van der Waals surface area contributed by atoms with E-state index in [-0.39, 0.29) is 22.4 Å². The molecule has 3 aliphatic rings. The van der Waals surface area contributed by atoms with Crippen molar-refractivity contribution in [2.24, 2.45) is 10.8 Å². The highest BCUT2D eigenvalue weighted by Gasteiger charge is 2.49. The number of benzene rings is 3. The normalized spacial score (nSPS) is 18.8. The minimum absolute atomic E-state index is 0.129. The molecule has 0 aromatic heterocycles. The molecule has 0 atom stereocenters. The Bertz CT molecular complexity index is 1740. The zero-order valence-electron chi connectivity index (χ0n) is 29.4. The summed E-state index contributed by atoms with van der Waals surface area (Å²) in [4.78, 5) is 31.1. The van der Waals surface area contributed by atoms with E-state index in [1.807, 2.05) is 18.2 Å². The number of carbonyl (C=O) groups excluding carboxylic acids is 2. The highest BCUT2D eigenvalue weighted by molar-refractivity contribution is 6.07. The summed E-state index contributed by atoms with van der Waals surface area (Å²) in [5, 5.41) is 0. The second-order valence-corrected chi connectivity index (χ2v) is 15.4. The second-order valence-electron chi connectivity index (χ2n) is 15.4. The van der Waals surface area contributed by atoms with Crippen LogP contribution < -0.4 is 9.47 Å². The Morgan fingerprint density at radius 2 is 1.44 bits per heavy atom. The van der Waals surface area contributed by atoms with Crippen molar-refractivity contribution in [3.63, 3.8) is 0 Å². The van der Waals surface area contributed by atoms with Crippen molar-refractivity contribution < 1.29 is 19.1 Å². The van der Waals surface area contributed by atoms with E-state index in [2.05, 4.69) is 101 Å². The number of methoxy groups -OCH3 is 1. The molecule has 0 N–H and O–H groups in total. The minimum atomic E-state index is -0.459. The second kappa shape index (κ2) is 13.3. The molecule has 1 heterocycles. The molecule has 3 aromatic carbocycles. The summed E-state index contributed by atoms with van der Waals surface area (Å²) in [6, 6.07) is 22.9. The molecule has 2 aliphatic carbocycles. The lowest BCUT2D eigenvalue weighted by Crippen LogP contribution is -2.45. The Morgan fingerprint density at radius 1 is 0.833 bits per heavy atom. The van der Waals surface area contributed by atoms with Gasteiger partial charge in [-0.05, 0) is 66.2 Å². The number of ketones is 2. The number of hydrogen-bond acceptors (Lipinski definition) is 5. The predicted molar refractivity (Wildman–Crippen MR) is 192 cm³/mol. The first-order valence-electron chi connectivity index (χ1n) is 17.2. The van der Waals surface area contributed by atoms with Gasteiger partial charge in [-0.3, -0.25) is 9.59 Å². The fourth-order valence-electron chi connectivity index (χ4n) is 7.85. The summed E-state index contributed by atoms with van der Waals surface area (Å²) in [6.45, 7) is 16.0. The molecule has 250 valence electrons. The van der Waals surface area contributed by atoms with Crippen molar-refractivity contribution in [1.29, 1.82) is 0 Å². The van der Waals surface area contributed by atoms with Gasteiger partial charge in [0.15, 0.2) is 23.1 Å². The van der Waals surface area contributed by atoms with Crippen molar-refractivity contribution >= 4 is 11.6 Å². The monoisotopic (exact) mass is 643 g/mol. The molecule has 48 heavy (non-hydrogen) atoms. The highest BCUT2D eigenvalue weighted by Crippen LogP contribution is 2.55. The molecule has 0 fully saturated rings. The van der Waals surface area contributed by atoms with Gasteiger partial charge in [0.05, 0.1) is 7.11 Å². The lowest BCUT2D eigenvalue weighted by Gasteiger charge is -2.49. The molecule has 0 amide bonds. The zero-order chi connectivity index (χ0) is 34.2. The molecule has 0 saturated heterocycles. The van der Waals surface area contributed by atoms with Crippen molar-refractivity contribution in [1.82, 2.24) is 4.90 Å². The van der Waals surface area contributed by atoms with Crippen LogP contribution in [-0.2, 0) is 29.0 Å². The minimum Gasteiger partial charge on any atom is -0.493 e. The maximum Gasteiger partial charge on any atom is 0.165 e. The fourth-order valence-corrected chi connectivity index (χ4v) is 7.85. The van der Waals surface area contributed by atoms with E-state index >= 15 is 0 Å². The number of carbonyl (C=O) groups is 2. The first-order valence-corrected chi connectivity index (χ1v) is 17.2. The van der Waals surface area contributed by atoms with Crippen LogP contribution in [0.3, 0.4) is 0 Å². The number of allylic oxidation sites excluding steroid dienone is 5.